The van der Waals surface area contributed by atoms with E-state index in [2.05, 4.69) is 12.1 Å². The van der Waals surface area contributed by atoms with Gasteiger partial charge < -0.3 is 9.84 Å². The number of amides is 1. The number of nitrogens with zero attached hydrogens (tertiary/aromatic N) is 1. The molecule has 2 aromatic carbocycles. The number of benzene rings is 2. The summed E-state index contributed by atoms with van der Waals surface area (Å²) in [7, 11) is 0. The third kappa shape index (κ3) is 2.34. The van der Waals surface area contributed by atoms with E-state index in [1.54, 1.807) is 6.07 Å². The van der Waals surface area contributed by atoms with Crippen LogP contribution in [0.15, 0.2) is 54.1 Å². The number of fused-ring (bicyclic) bond motifs is 3. The van der Waals surface area contributed by atoms with Crippen molar-refractivity contribution < 1.29 is 19.4 Å². The predicted octanol–water partition coefficient (Wildman–Crippen LogP) is 3.08. The Labute approximate surface area is 138 Å². The molecule has 1 N–H and O–H groups in total. The van der Waals surface area contributed by atoms with Crippen LogP contribution in [-0.2, 0) is 11.2 Å². The molecule has 0 unspecified atom stereocenters. The molecule has 0 saturated heterocycles. The molecule has 24 heavy (non-hydrogen) atoms. The third-order valence-electron chi connectivity index (χ3n) is 4.46. The molecule has 0 aromatic heterocycles. The van der Waals surface area contributed by atoms with Gasteiger partial charge in [0.05, 0.1) is 12.1 Å². The molecular formula is C19H15NO4. The second-order valence-corrected chi connectivity index (χ2v) is 5.90. The van der Waals surface area contributed by atoms with Gasteiger partial charge in [-0.05, 0) is 22.8 Å². The van der Waals surface area contributed by atoms with E-state index >= 15 is 0 Å². The average Bonchev–Trinajstić information content (AvgIpc) is 3.20. The monoisotopic (exact) mass is 321 g/mol. The van der Waals surface area contributed by atoms with Crippen LogP contribution in [0.1, 0.15) is 11.1 Å². The van der Waals surface area contributed by atoms with Gasteiger partial charge in [0.25, 0.3) is 0 Å². The number of carboxylic acids is 1. The molecule has 0 spiro atoms. The second kappa shape index (κ2) is 5.53. The van der Waals surface area contributed by atoms with Crippen LogP contribution in [0.25, 0.3) is 11.1 Å². The zero-order valence-corrected chi connectivity index (χ0v) is 12.9. The number of hydrogen-bond donors (Lipinski definition) is 1. The Morgan fingerprint density at radius 3 is 2.62 bits per heavy atom. The van der Waals surface area contributed by atoms with E-state index < -0.39 is 12.1 Å². The first-order chi connectivity index (χ1) is 11.6. The Balaban J connectivity index is 1.55. The second-order valence-electron chi connectivity index (χ2n) is 5.90. The highest BCUT2D eigenvalue weighted by Crippen LogP contribution is 2.41. The summed E-state index contributed by atoms with van der Waals surface area (Å²) in [4.78, 5) is 24.7. The van der Waals surface area contributed by atoms with Crippen molar-refractivity contribution >= 4 is 12.1 Å². The zero-order valence-electron chi connectivity index (χ0n) is 12.9. The van der Waals surface area contributed by atoms with Crippen molar-refractivity contribution in [2.75, 3.05) is 13.1 Å². The lowest BCUT2D eigenvalue weighted by Gasteiger charge is -2.17. The van der Waals surface area contributed by atoms with E-state index in [1.165, 1.54) is 22.1 Å². The Morgan fingerprint density at radius 1 is 1.04 bits per heavy atom. The van der Waals surface area contributed by atoms with E-state index in [0.717, 1.165) is 17.5 Å². The van der Waals surface area contributed by atoms with Gasteiger partial charge in [0.1, 0.15) is 5.75 Å². The summed E-state index contributed by atoms with van der Waals surface area (Å²) in [5, 5.41) is 8.98. The third-order valence-corrected chi connectivity index (χ3v) is 4.46. The van der Waals surface area contributed by atoms with E-state index in [4.69, 9.17) is 9.84 Å². The normalized spacial score (nSPS) is 14.8. The van der Waals surface area contributed by atoms with Crippen LogP contribution < -0.4 is 4.74 Å². The standard InChI is InChI=1S/C19H15NO4/c21-18(22)13-8-9-20(11-13)19(23)24-17-7-3-6-15-14-5-2-1-4-12(14)10-16(15)17/h1-8H,9-11H2,(H,21,22). The fraction of sp³-hybridized carbons (Fsp3) is 0.158. The Morgan fingerprint density at radius 2 is 1.83 bits per heavy atom. The maximum absolute atomic E-state index is 12.3. The highest BCUT2D eigenvalue weighted by Gasteiger charge is 2.27. The average molecular weight is 321 g/mol. The molecule has 5 heteroatoms. The van der Waals surface area contributed by atoms with Gasteiger partial charge in [0.2, 0.25) is 0 Å². The molecule has 1 aliphatic carbocycles. The molecule has 0 radical (unpaired) electrons. The highest BCUT2D eigenvalue weighted by atomic mass is 16.6. The summed E-state index contributed by atoms with van der Waals surface area (Å²) in [6.07, 6.45) is 1.74. The molecule has 0 fully saturated rings. The van der Waals surface area contributed by atoms with Gasteiger partial charge >= 0.3 is 12.1 Å². The number of rotatable bonds is 2. The summed E-state index contributed by atoms with van der Waals surface area (Å²) in [6.45, 7) is 0.332. The van der Waals surface area contributed by atoms with Crippen LogP contribution in [0.5, 0.6) is 5.75 Å². The molecule has 2 aliphatic rings. The minimum atomic E-state index is -0.999. The summed E-state index contributed by atoms with van der Waals surface area (Å²) in [5.74, 6) is -0.459. The molecule has 1 heterocycles. The maximum Gasteiger partial charge on any atom is 0.415 e. The van der Waals surface area contributed by atoms with Crippen LogP contribution in [0.3, 0.4) is 0 Å². The first kappa shape index (κ1) is 14.5. The van der Waals surface area contributed by atoms with Crippen LogP contribution >= 0.6 is 0 Å². The number of ether oxygens (including phenoxy) is 1. The van der Waals surface area contributed by atoms with Gasteiger partial charge in [-0.3, -0.25) is 4.90 Å². The molecule has 5 nitrogen and oxygen atoms in total. The fourth-order valence-corrected chi connectivity index (χ4v) is 3.23. The van der Waals surface area contributed by atoms with Gasteiger partial charge in [0.15, 0.2) is 0 Å². The fourth-order valence-electron chi connectivity index (χ4n) is 3.23. The molecular weight excluding hydrogens is 306 g/mol. The van der Waals surface area contributed by atoms with Crippen molar-refractivity contribution in [3.05, 3.63) is 65.2 Å². The topological polar surface area (TPSA) is 66.8 Å². The SMILES string of the molecule is O=C(O)C1=CCN(C(=O)Oc2cccc3c2Cc2ccccc2-3)C1. The summed E-state index contributed by atoms with van der Waals surface area (Å²) in [6, 6.07) is 13.8. The van der Waals surface area contributed by atoms with E-state index in [1.807, 2.05) is 24.3 Å². The predicted molar refractivity (Wildman–Crippen MR) is 88.0 cm³/mol. The quantitative estimate of drug-likeness (QED) is 0.787. The minimum absolute atomic E-state index is 0.0728. The van der Waals surface area contributed by atoms with Gasteiger partial charge in [-0.2, -0.15) is 0 Å². The maximum atomic E-state index is 12.3. The number of carbonyl (C=O) groups excluding carboxylic acids is 1. The molecule has 4 rings (SSSR count). The number of hydrogen-bond acceptors (Lipinski definition) is 3. The van der Waals surface area contributed by atoms with Crippen molar-refractivity contribution in [3.63, 3.8) is 0 Å². The van der Waals surface area contributed by atoms with E-state index in [9.17, 15) is 9.59 Å². The summed E-state index contributed by atoms with van der Waals surface area (Å²) < 4.78 is 5.56. The molecule has 120 valence electrons. The first-order valence-corrected chi connectivity index (χ1v) is 7.73. The largest absolute Gasteiger partial charge is 0.478 e. The zero-order chi connectivity index (χ0) is 16.7. The van der Waals surface area contributed by atoms with Crippen molar-refractivity contribution in [3.8, 4) is 16.9 Å². The lowest BCUT2D eigenvalue weighted by Crippen LogP contribution is -2.32. The molecule has 2 aromatic rings. The Hall–Kier alpha value is -3.08. The summed E-state index contributed by atoms with van der Waals surface area (Å²) >= 11 is 0. The molecule has 0 saturated carbocycles. The van der Waals surface area contributed by atoms with Crippen molar-refractivity contribution in [1.29, 1.82) is 0 Å². The number of aliphatic carboxylic acids is 1. The van der Waals surface area contributed by atoms with Crippen molar-refractivity contribution in [2.24, 2.45) is 0 Å². The lowest BCUT2D eigenvalue weighted by molar-refractivity contribution is -0.132. The molecule has 0 atom stereocenters. The number of carboxylic acid groups (broad SMARTS) is 1. The van der Waals surface area contributed by atoms with Crippen LogP contribution in [0, 0.1) is 0 Å². The smallest absolute Gasteiger partial charge is 0.415 e. The van der Waals surface area contributed by atoms with E-state index in [-0.39, 0.29) is 18.7 Å². The van der Waals surface area contributed by atoms with Crippen molar-refractivity contribution in [2.45, 2.75) is 6.42 Å². The van der Waals surface area contributed by atoms with Gasteiger partial charge in [0, 0.05) is 18.5 Å². The van der Waals surface area contributed by atoms with Crippen molar-refractivity contribution in [1.82, 2.24) is 4.90 Å². The van der Waals surface area contributed by atoms with Crippen LogP contribution in [0.2, 0.25) is 0 Å². The summed E-state index contributed by atoms with van der Waals surface area (Å²) in [5.41, 5.74) is 4.69. The minimum Gasteiger partial charge on any atom is -0.478 e. The molecule has 1 aliphatic heterocycles. The van der Waals surface area contributed by atoms with Gasteiger partial charge in [-0.15, -0.1) is 0 Å². The van der Waals surface area contributed by atoms with Gasteiger partial charge in [-0.1, -0.05) is 42.5 Å². The van der Waals surface area contributed by atoms with Gasteiger partial charge in [-0.25, -0.2) is 9.59 Å². The first-order valence-electron chi connectivity index (χ1n) is 7.73. The van der Waals surface area contributed by atoms with E-state index in [0.29, 0.717) is 5.75 Å². The Kier molecular flexibility index (Phi) is 3.34. The Bertz CT molecular complexity index is 885. The molecule has 1 amide bonds. The number of carbonyl (C=O) groups is 2. The highest BCUT2D eigenvalue weighted by molar-refractivity contribution is 5.89. The van der Waals surface area contributed by atoms with Crippen LogP contribution in [0.4, 0.5) is 4.79 Å². The lowest BCUT2D eigenvalue weighted by atomic mass is 10.1. The molecule has 0 bridgehead atoms. The van der Waals surface area contributed by atoms with Crippen LogP contribution in [-0.4, -0.2) is 35.2 Å².